The first-order chi connectivity index (χ1) is 8.98. The molecule has 0 aliphatic heterocycles. The van der Waals surface area contributed by atoms with Crippen molar-refractivity contribution in [1.29, 1.82) is 0 Å². The summed E-state index contributed by atoms with van der Waals surface area (Å²) in [6, 6.07) is 6.42. The number of nitrogens with zero attached hydrogens (tertiary/aromatic N) is 1. The molecule has 2 bridgehead atoms. The van der Waals surface area contributed by atoms with Gasteiger partial charge >= 0.3 is 0 Å². The van der Waals surface area contributed by atoms with Crippen LogP contribution in [0.1, 0.15) is 33.1 Å². The number of benzene rings is 1. The highest BCUT2D eigenvalue weighted by atomic mass is 16.6. The van der Waals surface area contributed by atoms with E-state index in [1.165, 1.54) is 25.0 Å². The lowest BCUT2D eigenvalue weighted by atomic mass is 9.48. The third-order valence-corrected chi connectivity index (χ3v) is 5.13. The summed E-state index contributed by atoms with van der Waals surface area (Å²) in [4.78, 5) is 10.2. The molecular weight excluding hydrogens is 242 g/mol. The van der Waals surface area contributed by atoms with Crippen LogP contribution in [0.5, 0.6) is 5.75 Å². The van der Waals surface area contributed by atoms with Crippen molar-refractivity contribution in [3.63, 3.8) is 0 Å². The molecule has 0 saturated heterocycles. The SMILES string of the molecule is CC1(C)[C@H]2CC[C@H](Oc3ccc([N+](=O)[O-])cc3)[C@@H]1C2. The number of rotatable bonds is 3. The summed E-state index contributed by atoms with van der Waals surface area (Å²) in [5.41, 5.74) is 0.504. The zero-order chi connectivity index (χ0) is 13.6. The van der Waals surface area contributed by atoms with Crippen LogP contribution in [0, 0.1) is 27.4 Å². The smallest absolute Gasteiger partial charge is 0.269 e. The Balaban J connectivity index is 1.70. The van der Waals surface area contributed by atoms with Gasteiger partial charge in [-0.25, -0.2) is 0 Å². The van der Waals surface area contributed by atoms with E-state index >= 15 is 0 Å². The van der Waals surface area contributed by atoms with E-state index in [1.54, 1.807) is 12.1 Å². The van der Waals surface area contributed by atoms with Gasteiger partial charge in [0.25, 0.3) is 5.69 Å². The first kappa shape index (κ1) is 12.5. The summed E-state index contributed by atoms with van der Waals surface area (Å²) in [7, 11) is 0. The average molecular weight is 261 g/mol. The molecule has 0 unspecified atom stereocenters. The van der Waals surface area contributed by atoms with Crippen molar-refractivity contribution in [2.45, 2.75) is 39.2 Å². The molecule has 19 heavy (non-hydrogen) atoms. The lowest BCUT2D eigenvalue weighted by Gasteiger charge is -2.59. The van der Waals surface area contributed by atoms with Crippen molar-refractivity contribution >= 4 is 5.69 Å². The summed E-state index contributed by atoms with van der Waals surface area (Å²) in [6.45, 7) is 4.66. The van der Waals surface area contributed by atoms with Crippen LogP contribution in [0.15, 0.2) is 24.3 Å². The van der Waals surface area contributed by atoms with Crippen molar-refractivity contribution in [2.75, 3.05) is 0 Å². The Morgan fingerprint density at radius 2 is 1.95 bits per heavy atom. The Morgan fingerprint density at radius 1 is 1.26 bits per heavy atom. The van der Waals surface area contributed by atoms with Crippen LogP contribution < -0.4 is 4.74 Å². The minimum Gasteiger partial charge on any atom is -0.490 e. The molecule has 0 N–H and O–H groups in total. The number of non-ortho nitro benzene ring substituents is 1. The van der Waals surface area contributed by atoms with Crippen LogP contribution in [0.3, 0.4) is 0 Å². The van der Waals surface area contributed by atoms with Gasteiger partial charge in [-0.3, -0.25) is 10.1 Å². The quantitative estimate of drug-likeness (QED) is 0.614. The second-order valence-corrected chi connectivity index (χ2v) is 6.35. The van der Waals surface area contributed by atoms with E-state index in [4.69, 9.17) is 4.74 Å². The van der Waals surface area contributed by atoms with E-state index in [0.717, 1.165) is 18.1 Å². The van der Waals surface area contributed by atoms with Gasteiger partial charge in [-0.1, -0.05) is 13.8 Å². The van der Waals surface area contributed by atoms with Crippen molar-refractivity contribution < 1.29 is 9.66 Å². The standard InChI is InChI=1S/C15H19NO3/c1-15(2)10-3-8-14(13(15)9-10)19-12-6-4-11(5-7-12)16(17)18/h4-7,10,13-14H,3,8-9H2,1-2H3/t10-,13-,14-/m0/s1. The molecule has 102 valence electrons. The van der Waals surface area contributed by atoms with Gasteiger partial charge in [0.15, 0.2) is 0 Å². The number of hydrogen-bond acceptors (Lipinski definition) is 3. The van der Waals surface area contributed by atoms with Crippen molar-refractivity contribution in [1.82, 2.24) is 0 Å². The maximum Gasteiger partial charge on any atom is 0.269 e. The molecule has 3 fully saturated rings. The minimum atomic E-state index is -0.385. The first-order valence-electron chi connectivity index (χ1n) is 6.89. The van der Waals surface area contributed by atoms with Crippen LogP contribution in [0.25, 0.3) is 0 Å². The molecule has 3 aliphatic carbocycles. The first-order valence-corrected chi connectivity index (χ1v) is 6.89. The number of nitro benzene ring substituents is 1. The minimum absolute atomic E-state index is 0.111. The highest BCUT2D eigenvalue weighted by Crippen LogP contribution is 2.59. The fourth-order valence-electron chi connectivity index (χ4n) is 3.71. The molecule has 0 spiro atoms. The van der Waals surface area contributed by atoms with Gasteiger partial charge in [-0.15, -0.1) is 0 Å². The van der Waals surface area contributed by atoms with Crippen LogP contribution in [0.2, 0.25) is 0 Å². The maximum atomic E-state index is 10.6. The fraction of sp³-hybridized carbons (Fsp3) is 0.600. The number of hydrogen-bond donors (Lipinski definition) is 0. The largest absolute Gasteiger partial charge is 0.490 e. The van der Waals surface area contributed by atoms with Crippen molar-refractivity contribution in [3.8, 4) is 5.75 Å². The van der Waals surface area contributed by atoms with E-state index in [-0.39, 0.29) is 16.7 Å². The van der Waals surface area contributed by atoms with Gasteiger partial charge in [0.05, 0.1) is 4.92 Å². The number of ether oxygens (including phenoxy) is 1. The molecule has 0 aromatic heterocycles. The van der Waals surface area contributed by atoms with Gasteiger partial charge in [0.1, 0.15) is 11.9 Å². The maximum absolute atomic E-state index is 10.6. The van der Waals surface area contributed by atoms with Crippen molar-refractivity contribution in [2.24, 2.45) is 17.3 Å². The fourth-order valence-corrected chi connectivity index (χ4v) is 3.71. The van der Waals surface area contributed by atoms with Gasteiger partial charge in [-0.2, -0.15) is 0 Å². The Hall–Kier alpha value is -1.58. The van der Waals surface area contributed by atoms with E-state index in [1.807, 2.05) is 0 Å². The lowest BCUT2D eigenvalue weighted by molar-refractivity contribution is -0.384. The molecule has 1 aromatic rings. The van der Waals surface area contributed by atoms with Crippen LogP contribution >= 0.6 is 0 Å². The Morgan fingerprint density at radius 3 is 2.47 bits per heavy atom. The summed E-state index contributed by atoms with van der Waals surface area (Å²) in [5.74, 6) is 2.23. The zero-order valence-electron chi connectivity index (χ0n) is 11.3. The third kappa shape index (κ3) is 1.99. The van der Waals surface area contributed by atoms with Gasteiger partial charge in [0, 0.05) is 18.1 Å². The normalized spacial score (nSPS) is 31.4. The van der Waals surface area contributed by atoms with E-state index in [2.05, 4.69) is 13.8 Å². The van der Waals surface area contributed by atoms with Gasteiger partial charge in [-0.05, 0) is 42.7 Å². The Bertz CT molecular complexity index is 493. The van der Waals surface area contributed by atoms with Crippen LogP contribution in [-0.2, 0) is 0 Å². The van der Waals surface area contributed by atoms with Crippen molar-refractivity contribution in [3.05, 3.63) is 34.4 Å². The molecule has 0 heterocycles. The van der Waals surface area contributed by atoms with E-state index in [9.17, 15) is 10.1 Å². The lowest BCUT2D eigenvalue weighted by Crippen LogP contribution is -2.56. The van der Waals surface area contributed by atoms with Crippen LogP contribution in [0.4, 0.5) is 5.69 Å². The second kappa shape index (κ2) is 4.22. The number of fused-ring (bicyclic) bond motifs is 2. The third-order valence-electron chi connectivity index (χ3n) is 5.13. The monoisotopic (exact) mass is 261 g/mol. The predicted molar refractivity (Wildman–Crippen MR) is 72.1 cm³/mol. The van der Waals surface area contributed by atoms with Crippen LogP contribution in [-0.4, -0.2) is 11.0 Å². The van der Waals surface area contributed by atoms with Gasteiger partial charge < -0.3 is 4.74 Å². The van der Waals surface area contributed by atoms with E-state index in [0.29, 0.717) is 11.3 Å². The molecule has 3 atom stereocenters. The molecule has 4 nitrogen and oxygen atoms in total. The average Bonchev–Trinajstić information content (AvgIpc) is 2.39. The summed E-state index contributed by atoms with van der Waals surface area (Å²) in [5, 5.41) is 10.6. The highest BCUT2D eigenvalue weighted by molar-refractivity contribution is 5.36. The topological polar surface area (TPSA) is 52.4 Å². The molecule has 3 saturated carbocycles. The Labute approximate surface area is 112 Å². The predicted octanol–water partition coefficient (Wildman–Crippen LogP) is 3.80. The Kier molecular flexibility index (Phi) is 2.77. The zero-order valence-corrected chi connectivity index (χ0v) is 11.3. The molecule has 3 aliphatic rings. The van der Waals surface area contributed by atoms with E-state index < -0.39 is 0 Å². The second-order valence-electron chi connectivity index (χ2n) is 6.35. The highest BCUT2D eigenvalue weighted by Gasteiger charge is 2.55. The summed E-state index contributed by atoms with van der Waals surface area (Å²) >= 11 is 0. The molecule has 1 aromatic carbocycles. The molecule has 0 amide bonds. The molecule has 4 heteroatoms. The summed E-state index contributed by atoms with van der Waals surface area (Å²) < 4.78 is 6.05. The molecular formula is C15H19NO3. The molecule has 4 rings (SSSR count). The molecule has 0 radical (unpaired) electrons. The summed E-state index contributed by atoms with van der Waals surface area (Å²) in [6.07, 6.45) is 3.88. The van der Waals surface area contributed by atoms with Gasteiger partial charge in [0.2, 0.25) is 0 Å². The number of nitro groups is 1.